The normalized spacial score (nSPS) is 16.3. The molecule has 0 radical (unpaired) electrons. The van der Waals surface area contributed by atoms with Crippen LogP contribution in [0.5, 0.6) is 17.2 Å². The first-order valence-electron chi connectivity index (χ1n) is 9.64. The number of carbonyl (C=O) groups excluding carboxylic acids is 1. The number of carboxylic acids is 1. The second kappa shape index (κ2) is 7.74. The molecule has 1 fully saturated rings. The molecule has 0 spiro atoms. The summed E-state index contributed by atoms with van der Waals surface area (Å²) in [5, 5.41) is 13.2. The Labute approximate surface area is 173 Å². The van der Waals surface area contributed by atoms with Crippen LogP contribution >= 0.6 is 0 Å². The number of aliphatic carboxylic acids is 1. The smallest absolute Gasteiger partial charge is 0.326 e. The molecular weight excluding hydrogens is 386 g/mol. The molecular formula is C23H23NO6. The summed E-state index contributed by atoms with van der Waals surface area (Å²) in [5.74, 6) is 0.760. The summed E-state index contributed by atoms with van der Waals surface area (Å²) < 4.78 is 16.4. The fraction of sp³-hybridized carbons (Fsp3) is 0.304. The fourth-order valence-electron chi connectivity index (χ4n) is 4.16. The molecule has 1 saturated heterocycles. The Morgan fingerprint density at radius 2 is 1.70 bits per heavy atom. The van der Waals surface area contributed by atoms with E-state index >= 15 is 0 Å². The van der Waals surface area contributed by atoms with Crippen molar-refractivity contribution in [3.05, 3.63) is 42.0 Å². The lowest BCUT2D eigenvalue weighted by Crippen LogP contribution is -2.37. The molecule has 1 unspecified atom stereocenters. The summed E-state index contributed by atoms with van der Waals surface area (Å²) >= 11 is 0. The van der Waals surface area contributed by atoms with E-state index in [1.807, 2.05) is 36.4 Å². The standard InChI is InChI=1S/C23H23NO6/c1-28-15-5-4-13-8-14(12-24-19(23(26)27)6-7-22(24)25)17-10-20(29-2)21(30-3)11-18(17)16(13)9-15/h4-5,8-11,19H,6-7,12H2,1-3H3,(H,26,27). The molecule has 0 saturated carbocycles. The molecule has 4 rings (SSSR count). The number of nitrogens with zero attached hydrogens (tertiary/aromatic N) is 1. The molecule has 7 heteroatoms. The van der Waals surface area contributed by atoms with Crippen LogP contribution < -0.4 is 14.2 Å². The van der Waals surface area contributed by atoms with Gasteiger partial charge in [0.2, 0.25) is 5.91 Å². The minimum absolute atomic E-state index is 0.147. The first-order chi connectivity index (χ1) is 14.5. The van der Waals surface area contributed by atoms with Crippen molar-refractivity contribution in [2.24, 2.45) is 0 Å². The average molecular weight is 409 g/mol. The number of hydrogen-bond acceptors (Lipinski definition) is 5. The van der Waals surface area contributed by atoms with Crippen LogP contribution in [0.15, 0.2) is 36.4 Å². The number of fused-ring (bicyclic) bond motifs is 3. The summed E-state index contributed by atoms with van der Waals surface area (Å²) in [7, 11) is 4.76. The molecule has 30 heavy (non-hydrogen) atoms. The maximum atomic E-state index is 12.4. The third-order valence-electron chi connectivity index (χ3n) is 5.70. The zero-order valence-corrected chi connectivity index (χ0v) is 17.1. The number of ether oxygens (including phenoxy) is 3. The quantitative estimate of drug-likeness (QED) is 0.626. The lowest BCUT2D eigenvalue weighted by molar-refractivity contribution is -0.146. The zero-order valence-electron chi connectivity index (χ0n) is 17.1. The van der Waals surface area contributed by atoms with E-state index in [1.54, 1.807) is 21.3 Å². The van der Waals surface area contributed by atoms with Crippen LogP contribution in [0.2, 0.25) is 0 Å². The van der Waals surface area contributed by atoms with Gasteiger partial charge >= 0.3 is 5.97 Å². The van der Waals surface area contributed by atoms with Gasteiger partial charge in [-0.15, -0.1) is 0 Å². The van der Waals surface area contributed by atoms with Crippen molar-refractivity contribution in [3.63, 3.8) is 0 Å². The number of hydrogen-bond donors (Lipinski definition) is 1. The van der Waals surface area contributed by atoms with E-state index in [2.05, 4.69) is 0 Å². The molecule has 1 amide bonds. The third-order valence-corrected chi connectivity index (χ3v) is 5.70. The van der Waals surface area contributed by atoms with Gasteiger partial charge in [0.15, 0.2) is 11.5 Å². The molecule has 1 atom stereocenters. The highest BCUT2D eigenvalue weighted by molar-refractivity contribution is 6.10. The van der Waals surface area contributed by atoms with Gasteiger partial charge in [-0.2, -0.15) is 0 Å². The summed E-state index contributed by atoms with van der Waals surface area (Å²) in [4.78, 5) is 25.5. The Hall–Kier alpha value is -3.48. The predicted molar refractivity (Wildman–Crippen MR) is 112 cm³/mol. The summed E-state index contributed by atoms with van der Waals surface area (Å²) in [6.07, 6.45) is 0.574. The van der Waals surface area contributed by atoms with Gasteiger partial charge in [0.1, 0.15) is 11.8 Å². The van der Waals surface area contributed by atoms with E-state index < -0.39 is 12.0 Å². The first-order valence-corrected chi connectivity index (χ1v) is 9.64. The lowest BCUT2D eigenvalue weighted by Gasteiger charge is -2.23. The molecule has 0 aliphatic carbocycles. The summed E-state index contributed by atoms with van der Waals surface area (Å²) in [6, 6.07) is 10.7. The van der Waals surface area contributed by atoms with E-state index in [0.29, 0.717) is 17.9 Å². The van der Waals surface area contributed by atoms with E-state index in [1.165, 1.54) is 4.90 Å². The predicted octanol–water partition coefficient (Wildman–Crippen LogP) is 3.59. The number of likely N-dealkylation sites (tertiary alicyclic amines) is 1. The molecule has 0 aromatic heterocycles. The van der Waals surface area contributed by atoms with Gasteiger partial charge in [-0.25, -0.2) is 4.79 Å². The van der Waals surface area contributed by atoms with Crippen molar-refractivity contribution < 1.29 is 28.9 Å². The van der Waals surface area contributed by atoms with Crippen LogP contribution in [-0.2, 0) is 16.1 Å². The van der Waals surface area contributed by atoms with E-state index in [-0.39, 0.29) is 18.9 Å². The number of carbonyl (C=O) groups is 2. The minimum atomic E-state index is -0.977. The van der Waals surface area contributed by atoms with Crippen LogP contribution in [0.25, 0.3) is 21.5 Å². The van der Waals surface area contributed by atoms with Crippen molar-refractivity contribution in [1.29, 1.82) is 0 Å². The second-order valence-corrected chi connectivity index (χ2v) is 7.29. The van der Waals surface area contributed by atoms with E-state index in [0.717, 1.165) is 32.9 Å². The average Bonchev–Trinajstić information content (AvgIpc) is 3.12. The monoisotopic (exact) mass is 409 g/mol. The van der Waals surface area contributed by atoms with Crippen molar-refractivity contribution in [2.45, 2.75) is 25.4 Å². The van der Waals surface area contributed by atoms with Gasteiger partial charge in [0, 0.05) is 13.0 Å². The van der Waals surface area contributed by atoms with Gasteiger partial charge in [-0.3, -0.25) is 4.79 Å². The second-order valence-electron chi connectivity index (χ2n) is 7.29. The Kier molecular flexibility index (Phi) is 5.11. The Balaban J connectivity index is 1.95. The van der Waals surface area contributed by atoms with Gasteiger partial charge in [0.25, 0.3) is 0 Å². The molecule has 1 N–H and O–H groups in total. The highest BCUT2D eigenvalue weighted by atomic mass is 16.5. The van der Waals surface area contributed by atoms with Crippen LogP contribution in [-0.4, -0.2) is 49.3 Å². The number of rotatable bonds is 6. The Morgan fingerprint density at radius 3 is 2.33 bits per heavy atom. The molecule has 1 aliphatic rings. The van der Waals surface area contributed by atoms with Crippen LogP contribution in [0.3, 0.4) is 0 Å². The number of amides is 1. The van der Waals surface area contributed by atoms with Gasteiger partial charge in [-0.05, 0) is 63.9 Å². The molecule has 7 nitrogen and oxygen atoms in total. The minimum Gasteiger partial charge on any atom is -0.497 e. The Morgan fingerprint density at radius 1 is 1.00 bits per heavy atom. The number of benzene rings is 3. The van der Waals surface area contributed by atoms with E-state index in [9.17, 15) is 14.7 Å². The summed E-state index contributed by atoms with van der Waals surface area (Å²) in [5.41, 5.74) is 0.852. The SMILES string of the molecule is COc1ccc2cc(CN3C(=O)CCC3C(=O)O)c3cc(OC)c(OC)cc3c2c1. The molecule has 0 bridgehead atoms. The van der Waals surface area contributed by atoms with Gasteiger partial charge in [0.05, 0.1) is 21.3 Å². The van der Waals surface area contributed by atoms with Crippen molar-refractivity contribution in [1.82, 2.24) is 4.90 Å². The van der Waals surface area contributed by atoms with Crippen molar-refractivity contribution >= 4 is 33.4 Å². The van der Waals surface area contributed by atoms with Crippen molar-refractivity contribution in [3.8, 4) is 17.2 Å². The lowest BCUT2D eigenvalue weighted by atomic mass is 9.96. The van der Waals surface area contributed by atoms with Crippen LogP contribution in [0.4, 0.5) is 0 Å². The third kappa shape index (κ3) is 3.26. The van der Waals surface area contributed by atoms with Gasteiger partial charge in [-0.1, -0.05) is 6.07 Å². The maximum Gasteiger partial charge on any atom is 0.326 e. The van der Waals surface area contributed by atoms with E-state index in [4.69, 9.17) is 14.2 Å². The summed E-state index contributed by atoms with van der Waals surface area (Å²) in [6.45, 7) is 0.212. The maximum absolute atomic E-state index is 12.4. The topological polar surface area (TPSA) is 85.3 Å². The zero-order chi connectivity index (χ0) is 21.4. The van der Waals surface area contributed by atoms with Crippen molar-refractivity contribution in [2.75, 3.05) is 21.3 Å². The van der Waals surface area contributed by atoms with Gasteiger partial charge < -0.3 is 24.2 Å². The van der Waals surface area contributed by atoms with Crippen LogP contribution in [0, 0.1) is 0 Å². The molecule has 1 aliphatic heterocycles. The molecule has 3 aromatic carbocycles. The number of carboxylic acid groups (broad SMARTS) is 1. The highest BCUT2D eigenvalue weighted by Crippen LogP contribution is 2.39. The number of methoxy groups -OCH3 is 3. The van der Waals surface area contributed by atoms with Crippen LogP contribution in [0.1, 0.15) is 18.4 Å². The molecule has 156 valence electrons. The Bertz CT molecular complexity index is 1160. The molecule has 3 aromatic rings. The highest BCUT2D eigenvalue weighted by Gasteiger charge is 2.36. The first kappa shape index (κ1) is 19.8. The molecule has 1 heterocycles. The fourth-order valence-corrected chi connectivity index (χ4v) is 4.16. The largest absolute Gasteiger partial charge is 0.497 e.